The van der Waals surface area contributed by atoms with E-state index in [9.17, 15) is 9.90 Å². The lowest BCUT2D eigenvalue weighted by atomic mass is 10.1. The number of hydrogen-bond donors (Lipinski definition) is 2. The predicted octanol–water partition coefficient (Wildman–Crippen LogP) is 1.40. The number of aliphatic carboxylic acids is 1. The largest absolute Gasteiger partial charge is 0.480 e. The smallest absolute Gasteiger partial charge is 0.326 e. The molecule has 0 fully saturated rings. The molecule has 0 spiro atoms. The van der Waals surface area contributed by atoms with Crippen molar-refractivity contribution in [1.82, 2.24) is 0 Å². The van der Waals surface area contributed by atoms with E-state index in [4.69, 9.17) is 5.11 Å². The summed E-state index contributed by atoms with van der Waals surface area (Å²) in [5.41, 5.74) is 3.02. The van der Waals surface area contributed by atoms with Gasteiger partial charge in [-0.15, -0.1) is 0 Å². The van der Waals surface area contributed by atoms with Gasteiger partial charge >= 0.3 is 5.97 Å². The highest BCUT2D eigenvalue weighted by Crippen LogP contribution is 2.31. The molecular weight excluding hydrogens is 218 g/mol. The van der Waals surface area contributed by atoms with Gasteiger partial charge in [0.2, 0.25) is 0 Å². The van der Waals surface area contributed by atoms with Gasteiger partial charge < -0.3 is 15.1 Å². The van der Waals surface area contributed by atoms with E-state index >= 15 is 0 Å². The van der Waals surface area contributed by atoms with Crippen molar-refractivity contribution in [3.05, 3.63) is 29.3 Å². The van der Waals surface area contributed by atoms with Crippen LogP contribution in [-0.2, 0) is 17.8 Å². The average molecular weight is 235 g/mol. The summed E-state index contributed by atoms with van der Waals surface area (Å²) in [5.74, 6) is -0.772. The molecule has 0 radical (unpaired) electrons. The number of anilines is 1. The monoisotopic (exact) mass is 235 g/mol. The lowest BCUT2D eigenvalue weighted by molar-refractivity contribution is -0.138. The number of benzene rings is 1. The molecule has 0 aromatic heterocycles. The fourth-order valence-corrected chi connectivity index (χ4v) is 2.43. The van der Waals surface area contributed by atoms with Crippen LogP contribution in [0.3, 0.4) is 0 Å². The molecule has 1 aliphatic rings. The molecule has 4 heteroatoms. The van der Waals surface area contributed by atoms with Crippen LogP contribution in [0.5, 0.6) is 0 Å². The second-order valence-corrected chi connectivity index (χ2v) is 4.33. The summed E-state index contributed by atoms with van der Waals surface area (Å²) < 4.78 is 0. The van der Waals surface area contributed by atoms with Crippen molar-refractivity contribution >= 4 is 11.7 Å². The van der Waals surface area contributed by atoms with Gasteiger partial charge in [0.1, 0.15) is 6.04 Å². The Morgan fingerprint density at radius 1 is 1.53 bits per heavy atom. The van der Waals surface area contributed by atoms with Crippen molar-refractivity contribution in [2.24, 2.45) is 0 Å². The summed E-state index contributed by atoms with van der Waals surface area (Å²) in [4.78, 5) is 13.1. The Morgan fingerprint density at radius 3 is 2.88 bits per heavy atom. The van der Waals surface area contributed by atoms with Crippen molar-refractivity contribution in [1.29, 1.82) is 0 Å². The average Bonchev–Trinajstić information content (AvgIpc) is 2.73. The molecule has 2 rings (SSSR count). The minimum absolute atomic E-state index is 0.0312. The molecule has 17 heavy (non-hydrogen) atoms. The number of nitrogens with zero attached hydrogens (tertiary/aromatic N) is 1. The summed E-state index contributed by atoms with van der Waals surface area (Å²) in [6.07, 6.45) is 1.45. The van der Waals surface area contributed by atoms with Gasteiger partial charge in [0.05, 0.1) is 6.61 Å². The van der Waals surface area contributed by atoms with Crippen LogP contribution in [0.15, 0.2) is 18.2 Å². The van der Waals surface area contributed by atoms with Gasteiger partial charge in [0, 0.05) is 12.2 Å². The van der Waals surface area contributed by atoms with E-state index in [2.05, 4.69) is 0 Å². The van der Waals surface area contributed by atoms with Gasteiger partial charge in [-0.25, -0.2) is 4.79 Å². The number of fused-ring (bicyclic) bond motifs is 1. The number of hydrogen-bond acceptors (Lipinski definition) is 3. The normalized spacial score (nSPS) is 15.8. The Morgan fingerprint density at radius 2 is 2.29 bits per heavy atom. The fourth-order valence-electron chi connectivity index (χ4n) is 2.43. The van der Waals surface area contributed by atoms with Crippen LogP contribution in [0.4, 0.5) is 5.69 Å². The van der Waals surface area contributed by atoms with E-state index in [1.54, 1.807) is 0 Å². The quantitative estimate of drug-likeness (QED) is 0.828. The zero-order chi connectivity index (χ0) is 12.4. The lowest BCUT2D eigenvalue weighted by Gasteiger charge is -2.26. The summed E-state index contributed by atoms with van der Waals surface area (Å²) >= 11 is 0. The van der Waals surface area contributed by atoms with Crippen LogP contribution >= 0.6 is 0 Å². The Kier molecular flexibility index (Phi) is 3.33. The minimum atomic E-state index is -0.772. The van der Waals surface area contributed by atoms with Crippen LogP contribution in [-0.4, -0.2) is 28.8 Å². The van der Waals surface area contributed by atoms with Crippen molar-refractivity contribution in [3.8, 4) is 0 Å². The molecule has 0 bridgehead atoms. The van der Waals surface area contributed by atoms with Gasteiger partial charge in [0.15, 0.2) is 0 Å². The fraction of sp³-hybridized carbons (Fsp3) is 0.462. The highest BCUT2D eigenvalue weighted by molar-refractivity contribution is 5.79. The van der Waals surface area contributed by atoms with Gasteiger partial charge in [-0.1, -0.05) is 19.1 Å². The van der Waals surface area contributed by atoms with Crippen molar-refractivity contribution in [3.63, 3.8) is 0 Å². The molecule has 1 aromatic rings. The molecule has 1 heterocycles. The van der Waals surface area contributed by atoms with Crippen LogP contribution < -0.4 is 4.90 Å². The number of aliphatic hydroxyl groups is 1. The van der Waals surface area contributed by atoms with Gasteiger partial charge in [-0.05, 0) is 30.0 Å². The summed E-state index contributed by atoms with van der Waals surface area (Å²) in [6.45, 7) is 2.66. The third-order valence-corrected chi connectivity index (χ3v) is 3.31. The van der Waals surface area contributed by atoms with Gasteiger partial charge in [-0.3, -0.25) is 0 Å². The molecule has 1 atom stereocenters. The second-order valence-electron chi connectivity index (χ2n) is 4.33. The Labute approximate surface area is 100 Å². The Balaban J connectivity index is 2.30. The Bertz CT molecular complexity index is 431. The van der Waals surface area contributed by atoms with Crippen molar-refractivity contribution in [2.45, 2.75) is 32.4 Å². The molecule has 92 valence electrons. The molecule has 0 saturated carbocycles. The standard InChI is InChI=1S/C13H17NO3/c1-2-11(13(16)17)14-6-5-10-7-9(8-15)3-4-12(10)14/h3-4,7,11,15H,2,5-6,8H2,1H3,(H,16,17)/t11-/m1/s1. The first kappa shape index (κ1) is 11.9. The SMILES string of the molecule is CC[C@H](C(=O)O)N1CCc2cc(CO)ccc21. The first-order valence-corrected chi connectivity index (χ1v) is 5.89. The Hall–Kier alpha value is -1.55. The maximum absolute atomic E-state index is 11.2. The third kappa shape index (κ3) is 2.13. The predicted molar refractivity (Wildman–Crippen MR) is 65.1 cm³/mol. The lowest BCUT2D eigenvalue weighted by Crippen LogP contribution is -2.39. The number of rotatable bonds is 4. The topological polar surface area (TPSA) is 60.8 Å². The molecule has 0 aliphatic carbocycles. The molecular formula is C13H17NO3. The number of carboxylic acid groups (broad SMARTS) is 1. The van der Waals surface area contributed by atoms with Crippen LogP contribution in [0.1, 0.15) is 24.5 Å². The number of carbonyl (C=O) groups is 1. The summed E-state index contributed by atoms with van der Waals surface area (Å²) in [5, 5.41) is 18.2. The van der Waals surface area contributed by atoms with E-state index < -0.39 is 12.0 Å². The van der Waals surface area contributed by atoms with E-state index in [1.807, 2.05) is 30.0 Å². The molecule has 1 aliphatic heterocycles. The maximum Gasteiger partial charge on any atom is 0.326 e. The van der Waals surface area contributed by atoms with Crippen molar-refractivity contribution < 1.29 is 15.0 Å². The molecule has 0 amide bonds. The number of carboxylic acids is 1. The first-order chi connectivity index (χ1) is 8.17. The van der Waals surface area contributed by atoms with Gasteiger partial charge in [-0.2, -0.15) is 0 Å². The molecule has 2 N–H and O–H groups in total. The van der Waals surface area contributed by atoms with Crippen LogP contribution in [0, 0.1) is 0 Å². The first-order valence-electron chi connectivity index (χ1n) is 5.89. The zero-order valence-electron chi connectivity index (χ0n) is 9.89. The van der Waals surface area contributed by atoms with E-state index in [0.29, 0.717) is 6.42 Å². The highest BCUT2D eigenvalue weighted by atomic mass is 16.4. The number of aliphatic hydroxyl groups excluding tert-OH is 1. The molecule has 1 aromatic carbocycles. The van der Waals surface area contributed by atoms with E-state index in [1.165, 1.54) is 0 Å². The maximum atomic E-state index is 11.2. The minimum Gasteiger partial charge on any atom is -0.480 e. The third-order valence-electron chi connectivity index (χ3n) is 3.31. The van der Waals surface area contributed by atoms with Crippen LogP contribution in [0.25, 0.3) is 0 Å². The van der Waals surface area contributed by atoms with Crippen molar-refractivity contribution in [2.75, 3.05) is 11.4 Å². The summed E-state index contributed by atoms with van der Waals surface area (Å²) in [6, 6.07) is 5.28. The van der Waals surface area contributed by atoms with Crippen LogP contribution in [0.2, 0.25) is 0 Å². The molecule has 0 saturated heterocycles. The molecule has 0 unspecified atom stereocenters. The zero-order valence-corrected chi connectivity index (χ0v) is 9.89. The molecule has 4 nitrogen and oxygen atoms in total. The summed E-state index contributed by atoms with van der Waals surface area (Å²) in [7, 11) is 0. The van der Waals surface area contributed by atoms with E-state index in [0.717, 1.165) is 29.8 Å². The highest BCUT2D eigenvalue weighted by Gasteiger charge is 2.29. The second kappa shape index (κ2) is 4.75. The van der Waals surface area contributed by atoms with Gasteiger partial charge in [0.25, 0.3) is 0 Å². The van der Waals surface area contributed by atoms with E-state index in [-0.39, 0.29) is 6.61 Å².